The van der Waals surface area contributed by atoms with Crippen LogP contribution in [0, 0.1) is 6.92 Å². The lowest BCUT2D eigenvalue weighted by molar-refractivity contribution is 0.00768. The van der Waals surface area contributed by atoms with Gasteiger partial charge in [-0.2, -0.15) is 0 Å². The highest BCUT2D eigenvalue weighted by atomic mass is 16.5. The predicted molar refractivity (Wildman–Crippen MR) is 118 cm³/mol. The van der Waals surface area contributed by atoms with Gasteiger partial charge in [0, 0.05) is 31.5 Å². The topological polar surface area (TPSA) is 86.3 Å². The summed E-state index contributed by atoms with van der Waals surface area (Å²) in [4.78, 5) is 27.5. The summed E-state index contributed by atoms with van der Waals surface area (Å²) in [6.07, 6.45) is 1.22. The lowest BCUT2D eigenvalue weighted by Gasteiger charge is -2.41. The van der Waals surface area contributed by atoms with Crippen molar-refractivity contribution in [2.24, 2.45) is 0 Å². The number of fused-ring (bicyclic) bond motifs is 1. The quantitative estimate of drug-likeness (QED) is 0.787. The molecule has 2 heterocycles. The number of ether oxygens (including phenoxy) is 4. The number of methoxy groups -OCH3 is 3. The van der Waals surface area contributed by atoms with Gasteiger partial charge in [-0.15, -0.1) is 0 Å². The average Bonchev–Trinajstić information content (AvgIpc) is 2.94. The Morgan fingerprint density at radius 3 is 2.28 bits per heavy atom. The van der Waals surface area contributed by atoms with Crippen molar-refractivity contribution in [2.75, 3.05) is 41.0 Å². The fourth-order valence-corrected chi connectivity index (χ4v) is 4.30. The zero-order valence-corrected chi connectivity index (χ0v) is 18.8. The number of carbonyl (C=O) groups is 2. The van der Waals surface area contributed by atoms with Crippen LogP contribution in [-0.4, -0.2) is 63.3 Å². The van der Waals surface area contributed by atoms with Gasteiger partial charge in [0.05, 0.1) is 33.4 Å². The Bertz CT molecular complexity index is 1020. The minimum atomic E-state index is -0.539. The van der Waals surface area contributed by atoms with Crippen molar-refractivity contribution in [1.29, 1.82) is 0 Å². The lowest BCUT2D eigenvalue weighted by atomic mass is 9.90. The molecule has 0 aromatic heterocycles. The van der Waals surface area contributed by atoms with Crippen LogP contribution in [0.1, 0.15) is 39.1 Å². The van der Waals surface area contributed by atoms with E-state index in [4.69, 9.17) is 18.9 Å². The summed E-state index contributed by atoms with van der Waals surface area (Å²) in [6.45, 7) is 3.37. The maximum Gasteiger partial charge on any atom is 0.255 e. The van der Waals surface area contributed by atoms with Gasteiger partial charge >= 0.3 is 0 Å². The van der Waals surface area contributed by atoms with E-state index in [0.717, 1.165) is 5.56 Å². The number of carbonyl (C=O) groups excluding carboxylic acids is 2. The second-order valence-corrected chi connectivity index (χ2v) is 8.17. The van der Waals surface area contributed by atoms with E-state index in [2.05, 4.69) is 5.32 Å². The van der Waals surface area contributed by atoms with Crippen molar-refractivity contribution in [2.45, 2.75) is 25.4 Å². The Morgan fingerprint density at radius 2 is 1.69 bits per heavy atom. The van der Waals surface area contributed by atoms with E-state index in [1.54, 1.807) is 17.0 Å². The molecule has 2 aliphatic heterocycles. The SMILES string of the molecule is COc1cc(C(=O)N2CCC3(CC2)CNC(=O)c2cc(C)ccc2O3)cc(OC)c1OC. The molecule has 0 saturated carbocycles. The highest BCUT2D eigenvalue weighted by molar-refractivity contribution is 5.98. The zero-order valence-electron chi connectivity index (χ0n) is 18.8. The second-order valence-electron chi connectivity index (χ2n) is 8.17. The van der Waals surface area contributed by atoms with Crippen LogP contribution in [0.25, 0.3) is 0 Å². The van der Waals surface area contributed by atoms with E-state index in [0.29, 0.717) is 66.6 Å². The van der Waals surface area contributed by atoms with Crippen molar-refractivity contribution in [3.63, 3.8) is 0 Å². The van der Waals surface area contributed by atoms with Crippen LogP contribution in [0.15, 0.2) is 30.3 Å². The molecule has 1 spiro atoms. The summed E-state index contributed by atoms with van der Waals surface area (Å²) in [6, 6.07) is 8.95. The molecule has 8 heteroatoms. The molecule has 8 nitrogen and oxygen atoms in total. The summed E-state index contributed by atoms with van der Waals surface area (Å²) in [5.41, 5.74) is 1.48. The number of hydrogen-bond donors (Lipinski definition) is 1. The van der Waals surface area contributed by atoms with Crippen LogP contribution in [0.2, 0.25) is 0 Å². The Labute approximate surface area is 187 Å². The zero-order chi connectivity index (χ0) is 22.9. The van der Waals surface area contributed by atoms with E-state index in [9.17, 15) is 9.59 Å². The van der Waals surface area contributed by atoms with Crippen LogP contribution in [-0.2, 0) is 0 Å². The van der Waals surface area contributed by atoms with Crippen LogP contribution in [0.4, 0.5) is 0 Å². The molecule has 2 aromatic rings. The Morgan fingerprint density at radius 1 is 1.03 bits per heavy atom. The number of amides is 2. The first-order valence-corrected chi connectivity index (χ1v) is 10.6. The van der Waals surface area contributed by atoms with Gasteiger partial charge in [0.15, 0.2) is 11.5 Å². The van der Waals surface area contributed by atoms with Gasteiger partial charge in [-0.25, -0.2) is 0 Å². The molecule has 0 radical (unpaired) electrons. The first-order valence-electron chi connectivity index (χ1n) is 10.6. The summed E-state index contributed by atoms with van der Waals surface area (Å²) in [5.74, 6) is 1.66. The average molecular weight is 440 g/mol. The normalized spacial score (nSPS) is 17.0. The molecule has 32 heavy (non-hydrogen) atoms. The standard InChI is InChI=1S/C24H28N2O6/c1-15-5-6-18-17(11-15)22(27)25-14-24(32-18)7-9-26(10-8-24)23(28)16-12-19(29-2)21(31-4)20(13-16)30-3/h5-6,11-13H,7-10,14H2,1-4H3,(H,25,27). The largest absolute Gasteiger partial charge is 0.493 e. The van der Waals surface area contributed by atoms with E-state index >= 15 is 0 Å². The third-order valence-electron chi connectivity index (χ3n) is 6.15. The fourth-order valence-electron chi connectivity index (χ4n) is 4.30. The molecular formula is C24H28N2O6. The summed E-state index contributed by atoms with van der Waals surface area (Å²) in [5, 5.41) is 2.99. The highest BCUT2D eigenvalue weighted by Gasteiger charge is 2.41. The van der Waals surface area contributed by atoms with Crippen molar-refractivity contribution >= 4 is 11.8 Å². The first-order chi connectivity index (χ1) is 15.4. The molecule has 1 fully saturated rings. The third kappa shape index (κ3) is 3.92. The van der Waals surface area contributed by atoms with E-state index in [1.807, 2.05) is 25.1 Å². The van der Waals surface area contributed by atoms with Gasteiger partial charge in [0.25, 0.3) is 11.8 Å². The summed E-state index contributed by atoms with van der Waals surface area (Å²) >= 11 is 0. The molecule has 170 valence electrons. The van der Waals surface area contributed by atoms with Crippen LogP contribution < -0.4 is 24.3 Å². The molecule has 0 atom stereocenters. The van der Waals surface area contributed by atoms with Gasteiger partial charge in [-0.3, -0.25) is 9.59 Å². The maximum absolute atomic E-state index is 13.2. The minimum Gasteiger partial charge on any atom is -0.493 e. The lowest BCUT2D eigenvalue weighted by Crippen LogP contribution is -2.54. The molecule has 1 N–H and O–H groups in total. The molecule has 2 amide bonds. The minimum absolute atomic E-state index is 0.118. The number of hydrogen-bond acceptors (Lipinski definition) is 6. The molecule has 0 unspecified atom stereocenters. The maximum atomic E-state index is 13.2. The molecule has 1 saturated heterocycles. The van der Waals surface area contributed by atoms with Gasteiger partial charge in [0.1, 0.15) is 11.4 Å². The smallest absolute Gasteiger partial charge is 0.255 e. The van der Waals surface area contributed by atoms with Crippen LogP contribution >= 0.6 is 0 Å². The molecule has 2 aromatic carbocycles. The fraction of sp³-hybridized carbons (Fsp3) is 0.417. The van der Waals surface area contributed by atoms with Crippen molar-refractivity contribution < 1.29 is 28.5 Å². The molecule has 0 aliphatic carbocycles. The third-order valence-corrected chi connectivity index (χ3v) is 6.15. The van der Waals surface area contributed by atoms with E-state index in [-0.39, 0.29) is 11.8 Å². The summed E-state index contributed by atoms with van der Waals surface area (Å²) < 4.78 is 22.5. The van der Waals surface area contributed by atoms with Crippen LogP contribution in [0.3, 0.4) is 0 Å². The molecule has 2 aliphatic rings. The number of benzene rings is 2. The van der Waals surface area contributed by atoms with Gasteiger partial charge < -0.3 is 29.2 Å². The van der Waals surface area contributed by atoms with Crippen LogP contribution in [0.5, 0.6) is 23.0 Å². The van der Waals surface area contributed by atoms with E-state index < -0.39 is 5.60 Å². The number of nitrogens with one attached hydrogen (secondary N) is 1. The molecule has 4 rings (SSSR count). The Kier molecular flexibility index (Phi) is 5.86. The van der Waals surface area contributed by atoms with Gasteiger partial charge in [-0.05, 0) is 31.2 Å². The molecular weight excluding hydrogens is 412 g/mol. The number of rotatable bonds is 4. The monoisotopic (exact) mass is 440 g/mol. The van der Waals surface area contributed by atoms with E-state index in [1.165, 1.54) is 21.3 Å². The Balaban J connectivity index is 1.52. The number of nitrogens with zero attached hydrogens (tertiary/aromatic N) is 1. The number of piperidine rings is 1. The summed E-state index contributed by atoms with van der Waals surface area (Å²) in [7, 11) is 4.57. The number of aryl methyl sites for hydroxylation is 1. The van der Waals surface area contributed by atoms with Crippen molar-refractivity contribution in [3.8, 4) is 23.0 Å². The highest BCUT2D eigenvalue weighted by Crippen LogP contribution is 2.39. The first kappa shape index (κ1) is 21.8. The van der Waals surface area contributed by atoms with Gasteiger partial charge in [0.2, 0.25) is 5.75 Å². The Hall–Kier alpha value is -3.42. The second kappa shape index (κ2) is 8.61. The number of likely N-dealkylation sites (tertiary alicyclic amines) is 1. The predicted octanol–water partition coefficient (Wildman–Crippen LogP) is 2.82. The molecule has 0 bridgehead atoms. The van der Waals surface area contributed by atoms with Crippen molar-refractivity contribution in [3.05, 3.63) is 47.0 Å². The van der Waals surface area contributed by atoms with Gasteiger partial charge in [-0.1, -0.05) is 11.6 Å². The van der Waals surface area contributed by atoms with Crippen molar-refractivity contribution in [1.82, 2.24) is 10.2 Å².